The van der Waals surface area contributed by atoms with Gasteiger partial charge in [0.25, 0.3) is 0 Å². The number of anilines is 1. The summed E-state index contributed by atoms with van der Waals surface area (Å²) in [6, 6.07) is 3.88. The third kappa shape index (κ3) is 4.55. The van der Waals surface area contributed by atoms with Gasteiger partial charge in [0.1, 0.15) is 5.82 Å². The van der Waals surface area contributed by atoms with Crippen molar-refractivity contribution in [3.05, 3.63) is 23.9 Å². The van der Waals surface area contributed by atoms with E-state index in [4.69, 9.17) is 5.41 Å². The average Bonchev–Trinajstić information content (AvgIpc) is 2.29. The Labute approximate surface area is 104 Å². The second-order valence-corrected chi connectivity index (χ2v) is 4.76. The van der Waals surface area contributed by atoms with Gasteiger partial charge in [-0.15, -0.1) is 0 Å². The van der Waals surface area contributed by atoms with Crippen LogP contribution in [0.5, 0.6) is 0 Å². The lowest BCUT2D eigenvalue weighted by molar-refractivity contribution is 0.682. The Bertz CT molecular complexity index is 358. The Kier molecular flexibility index (Phi) is 5.67. The molecule has 3 nitrogen and oxygen atoms in total. The summed E-state index contributed by atoms with van der Waals surface area (Å²) < 4.78 is 0. The van der Waals surface area contributed by atoms with E-state index in [1.807, 2.05) is 12.1 Å². The second-order valence-electron chi connectivity index (χ2n) is 4.76. The van der Waals surface area contributed by atoms with Crippen molar-refractivity contribution in [2.24, 2.45) is 5.92 Å². The number of aromatic nitrogens is 1. The molecule has 0 aromatic carbocycles. The van der Waals surface area contributed by atoms with Crippen molar-refractivity contribution in [1.82, 2.24) is 4.98 Å². The van der Waals surface area contributed by atoms with Crippen LogP contribution in [0.25, 0.3) is 0 Å². The maximum Gasteiger partial charge on any atom is 0.135 e. The Balaban J connectivity index is 2.73. The zero-order chi connectivity index (χ0) is 12.7. The summed E-state index contributed by atoms with van der Waals surface area (Å²) in [5.41, 5.74) is 1.62. The molecule has 0 saturated carbocycles. The van der Waals surface area contributed by atoms with Gasteiger partial charge in [-0.2, -0.15) is 0 Å². The Morgan fingerprint density at radius 3 is 2.88 bits per heavy atom. The summed E-state index contributed by atoms with van der Waals surface area (Å²) in [5.74, 6) is 1.36. The predicted molar refractivity (Wildman–Crippen MR) is 73.9 cm³/mol. The average molecular weight is 233 g/mol. The van der Waals surface area contributed by atoms with Crippen molar-refractivity contribution < 1.29 is 0 Å². The van der Waals surface area contributed by atoms with Gasteiger partial charge >= 0.3 is 0 Å². The predicted octanol–water partition coefficient (Wildman–Crippen LogP) is 3.71. The van der Waals surface area contributed by atoms with Crippen LogP contribution in [0.2, 0.25) is 0 Å². The Hall–Kier alpha value is -1.38. The number of hydrogen-bond donors (Lipinski definition) is 2. The molecule has 0 unspecified atom stereocenters. The van der Waals surface area contributed by atoms with Gasteiger partial charge in [-0.3, -0.25) is 0 Å². The van der Waals surface area contributed by atoms with Gasteiger partial charge in [-0.05, 0) is 30.9 Å². The molecule has 2 N–H and O–H groups in total. The maximum atomic E-state index is 8.10. The molecule has 1 heterocycles. The molecule has 1 aromatic rings. The minimum Gasteiger partial charge on any atom is -0.370 e. The monoisotopic (exact) mass is 233 g/mol. The normalized spacial score (nSPS) is 10.6. The van der Waals surface area contributed by atoms with E-state index in [1.54, 1.807) is 6.20 Å². The van der Waals surface area contributed by atoms with Crippen LogP contribution < -0.4 is 5.32 Å². The number of nitrogens with zero attached hydrogens (tertiary/aromatic N) is 1. The highest BCUT2D eigenvalue weighted by molar-refractivity contribution is 6.02. The zero-order valence-electron chi connectivity index (χ0n) is 11.1. The van der Waals surface area contributed by atoms with Crippen molar-refractivity contribution in [3.63, 3.8) is 0 Å². The molecule has 0 atom stereocenters. The van der Waals surface area contributed by atoms with Crippen LogP contribution in [-0.4, -0.2) is 17.2 Å². The smallest absolute Gasteiger partial charge is 0.135 e. The lowest BCUT2D eigenvalue weighted by Crippen LogP contribution is -2.11. The summed E-state index contributed by atoms with van der Waals surface area (Å²) in [6.45, 7) is 7.36. The molecular weight excluding hydrogens is 210 g/mol. The van der Waals surface area contributed by atoms with E-state index in [1.165, 1.54) is 6.42 Å². The lowest BCUT2D eigenvalue weighted by Gasteiger charge is -2.12. The summed E-state index contributed by atoms with van der Waals surface area (Å²) in [5, 5.41) is 11.4. The summed E-state index contributed by atoms with van der Waals surface area (Å²) >= 11 is 0. The molecule has 17 heavy (non-hydrogen) atoms. The van der Waals surface area contributed by atoms with Crippen LogP contribution in [-0.2, 0) is 0 Å². The first-order valence-corrected chi connectivity index (χ1v) is 6.41. The fraction of sp³-hybridized carbons (Fsp3) is 0.571. The molecule has 0 aliphatic rings. The Morgan fingerprint density at radius 2 is 2.24 bits per heavy atom. The number of rotatable bonds is 7. The molecule has 0 bridgehead atoms. The first kappa shape index (κ1) is 13.7. The fourth-order valence-corrected chi connectivity index (χ4v) is 1.69. The molecule has 1 rings (SSSR count). The molecule has 0 radical (unpaired) electrons. The van der Waals surface area contributed by atoms with Crippen molar-refractivity contribution in [2.45, 2.75) is 40.0 Å². The molecule has 0 aliphatic carbocycles. The van der Waals surface area contributed by atoms with Gasteiger partial charge in [0.15, 0.2) is 0 Å². The van der Waals surface area contributed by atoms with Crippen LogP contribution >= 0.6 is 0 Å². The lowest BCUT2D eigenvalue weighted by atomic mass is 10.0. The van der Waals surface area contributed by atoms with Gasteiger partial charge in [0, 0.05) is 24.0 Å². The van der Waals surface area contributed by atoms with E-state index in [0.29, 0.717) is 11.6 Å². The van der Waals surface area contributed by atoms with Crippen molar-refractivity contribution in [1.29, 1.82) is 5.41 Å². The highest BCUT2D eigenvalue weighted by Gasteiger charge is 2.09. The van der Waals surface area contributed by atoms with E-state index < -0.39 is 0 Å². The van der Waals surface area contributed by atoms with Gasteiger partial charge in [0.2, 0.25) is 0 Å². The minimum absolute atomic E-state index is 0.506. The maximum absolute atomic E-state index is 8.10. The zero-order valence-corrected chi connectivity index (χ0v) is 11.1. The fourth-order valence-electron chi connectivity index (χ4n) is 1.69. The van der Waals surface area contributed by atoms with Crippen LogP contribution in [0.4, 0.5) is 5.82 Å². The van der Waals surface area contributed by atoms with E-state index in [-0.39, 0.29) is 0 Å². The van der Waals surface area contributed by atoms with E-state index >= 15 is 0 Å². The highest BCUT2D eigenvalue weighted by atomic mass is 15.0. The van der Waals surface area contributed by atoms with Gasteiger partial charge in [-0.1, -0.05) is 27.2 Å². The molecular formula is C14H23N3. The first-order valence-electron chi connectivity index (χ1n) is 6.41. The topological polar surface area (TPSA) is 48.8 Å². The molecule has 0 spiro atoms. The van der Waals surface area contributed by atoms with Crippen LogP contribution in [0.3, 0.4) is 0 Å². The third-order valence-electron chi connectivity index (χ3n) is 2.57. The number of hydrogen-bond acceptors (Lipinski definition) is 3. The highest BCUT2D eigenvalue weighted by Crippen LogP contribution is 2.16. The van der Waals surface area contributed by atoms with E-state index in [2.05, 4.69) is 31.1 Å². The number of nitrogens with one attached hydrogen (secondary N) is 2. The van der Waals surface area contributed by atoms with Crippen LogP contribution in [0.1, 0.15) is 45.6 Å². The largest absolute Gasteiger partial charge is 0.370 e. The number of unbranched alkanes of at least 4 members (excludes halogenated alkanes) is 1. The summed E-state index contributed by atoms with van der Waals surface area (Å²) in [6.07, 6.45) is 4.88. The molecule has 0 fully saturated rings. The molecule has 3 heteroatoms. The van der Waals surface area contributed by atoms with Gasteiger partial charge in [-0.25, -0.2) is 4.98 Å². The van der Waals surface area contributed by atoms with Gasteiger partial charge in [0.05, 0.1) is 0 Å². The molecule has 94 valence electrons. The van der Waals surface area contributed by atoms with Crippen LogP contribution in [0.15, 0.2) is 18.3 Å². The quantitative estimate of drug-likeness (QED) is 0.557. The second kappa shape index (κ2) is 7.05. The third-order valence-corrected chi connectivity index (χ3v) is 2.57. The summed E-state index contributed by atoms with van der Waals surface area (Å²) in [7, 11) is 0. The number of pyridine rings is 1. The van der Waals surface area contributed by atoms with E-state index in [9.17, 15) is 0 Å². The summed E-state index contributed by atoms with van der Waals surface area (Å²) in [4.78, 5) is 4.33. The van der Waals surface area contributed by atoms with Gasteiger partial charge < -0.3 is 10.7 Å². The molecule has 1 aromatic heterocycles. The van der Waals surface area contributed by atoms with Crippen molar-refractivity contribution >= 4 is 11.5 Å². The minimum atomic E-state index is 0.506. The van der Waals surface area contributed by atoms with Crippen molar-refractivity contribution in [3.8, 4) is 0 Å². The molecule has 0 saturated heterocycles. The molecule has 0 amide bonds. The molecule has 0 aliphatic heterocycles. The van der Waals surface area contributed by atoms with E-state index in [0.717, 1.165) is 30.8 Å². The Morgan fingerprint density at radius 1 is 1.47 bits per heavy atom. The van der Waals surface area contributed by atoms with Crippen molar-refractivity contribution in [2.75, 3.05) is 11.9 Å². The first-order chi connectivity index (χ1) is 8.15. The standard InChI is InChI=1S/C14H23N3/c1-4-5-8-16-14-12(7-6-9-17-14)13(15)10-11(2)3/h6-7,9,11,15H,4-5,8,10H2,1-3H3,(H,16,17). The SMILES string of the molecule is CCCCNc1ncccc1C(=N)CC(C)C. The van der Waals surface area contributed by atoms with Crippen LogP contribution in [0, 0.1) is 11.3 Å².